The number of nitrogens with zero attached hydrogens (tertiary/aromatic N) is 2. The molecule has 0 heterocycles. The maximum absolute atomic E-state index is 12.3. The monoisotopic (exact) mass is 305 g/mol. The Kier molecular flexibility index (Phi) is 4.34. The number of nitrogens with one attached hydrogen (secondary N) is 1. The average molecular weight is 305 g/mol. The third-order valence-corrected chi connectivity index (χ3v) is 3.50. The van der Waals surface area contributed by atoms with E-state index >= 15 is 0 Å². The van der Waals surface area contributed by atoms with E-state index in [-0.39, 0.29) is 17.2 Å². The lowest BCUT2D eigenvalue weighted by molar-refractivity contribution is 0.102. The normalized spacial score (nSPS) is 10.4. The molecule has 0 saturated carbocycles. The number of phenols is 1. The Morgan fingerprint density at radius 3 is 2.52 bits per heavy atom. The SMILES string of the molecule is CC(C)(C#N)c1cccc(C(=O)Nc2ccc(C#N)c(O)c2)c1. The maximum Gasteiger partial charge on any atom is 0.255 e. The van der Waals surface area contributed by atoms with Crippen LogP contribution < -0.4 is 5.32 Å². The molecule has 0 aliphatic heterocycles. The van der Waals surface area contributed by atoms with E-state index in [9.17, 15) is 15.2 Å². The molecule has 2 N–H and O–H groups in total. The van der Waals surface area contributed by atoms with Crippen LogP contribution in [0.4, 0.5) is 5.69 Å². The molecule has 2 aromatic rings. The van der Waals surface area contributed by atoms with Crippen LogP contribution in [0.3, 0.4) is 0 Å². The van der Waals surface area contributed by atoms with Crippen LogP contribution in [0.5, 0.6) is 5.75 Å². The number of amides is 1. The van der Waals surface area contributed by atoms with Gasteiger partial charge in [-0.05, 0) is 43.7 Å². The highest BCUT2D eigenvalue weighted by molar-refractivity contribution is 6.04. The van der Waals surface area contributed by atoms with Crippen LogP contribution in [0.1, 0.15) is 35.3 Å². The molecule has 0 saturated heterocycles. The molecule has 23 heavy (non-hydrogen) atoms. The minimum atomic E-state index is -0.691. The fraction of sp³-hybridized carbons (Fsp3) is 0.167. The second-order valence-corrected chi connectivity index (χ2v) is 5.62. The van der Waals surface area contributed by atoms with Crippen LogP contribution in [0, 0.1) is 22.7 Å². The summed E-state index contributed by atoms with van der Waals surface area (Å²) in [4.78, 5) is 12.3. The first-order valence-electron chi connectivity index (χ1n) is 6.93. The van der Waals surface area contributed by atoms with Crippen molar-refractivity contribution in [3.63, 3.8) is 0 Å². The lowest BCUT2D eigenvalue weighted by Gasteiger charge is -2.16. The number of nitriles is 2. The van der Waals surface area contributed by atoms with Crippen molar-refractivity contribution in [3.05, 3.63) is 59.2 Å². The predicted octanol–water partition coefficient (Wildman–Crippen LogP) is 3.32. The van der Waals surface area contributed by atoms with E-state index in [4.69, 9.17) is 5.26 Å². The molecule has 1 amide bonds. The number of rotatable bonds is 3. The van der Waals surface area contributed by atoms with Crippen LogP contribution in [0.25, 0.3) is 0 Å². The van der Waals surface area contributed by atoms with Gasteiger partial charge in [-0.15, -0.1) is 0 Å². The molecule has 0 aliphatic carbocycles. The van der Waals surface area contributed by atoms with Crippen molar-refractivity contribution < 1.29 is 9.90 Å². The van der Waals surface area contributed by atoms with E-state index in [0.717, 1.165) is 5.56 Å². The highest BCUT2D eigenvalue weighted by Crippen LogP contribution is 2.24. The van der Waals surface area contributed by atoms with Gasteiger partial charge in [-0.1, -0.05) is 12.1 Å². The number of benzene rings is 2. The molecule has 114 valence electrons. The second-order valence-electron chi connectivity index (χ2n) is 5.62. The Morgan fingerprint density at radius 1 is 1.17 bits per heavy atom. The maximum atomic E-state index is 12.3. The second kappa shape index (κ2) is 6.21. The summed E-state index contributed by atoms with van der Waals surface area (Å²) in [6.45, 7) is 3.56. The number of hydrogen-bond acceptors (Lipinski definition) is 4. The summed E-state index contributed by atoms with van der Waals surface area (Å²) < 4.78 is 0. The van der Waals surface area contributed by atoms with Crippen molar-refractivity contribution in [2.75, 3.05) is 5.32 Å². The summed E-state index contributed by atoms with van der Waals surface area (Å²) in [5.74, 6) is -0.547. The third-order valence-electron chi connectivity index (χ3n) is 3.50. The summed E-state index contributed by atoms with van der Waals surface area (Å²) in [6, 6.07) is 15.2. The molecule has 0 radical (unpaired) electrons. The fourth-order valence-electron chi connectivity index (χ4n) is 2.02. The first-order valence-corrected chi connectivity index (χ1v) is 6.93. The molecular weight excluding hydrogens is 290 g/mol. The van der Waals surface area contributed by atoms with Crippen molar-refractivity contribution >= 4 is 11.6 Å². The van der Waals surface area contributed by atoms with E-state index in [0.29, 0.717) is 11.3 Å². The van der Waals surface area contributed by atoms with Gasteiger partial charge in [-0.2, -0.15) is 10.5 Å². The van der Waals surface area contributed by atoms with Gasteiger partial charge in [0, 0.05) is 17.3 Å². The third kappa shape index (κ3) is 3.48. The van der Waals surface area contributed by atoms with Crippen molar-refractivity contribution in [3.8, 4) is 17.9 Å². The summed E-state index contributed by atoms with van der Waals surface area (Å²) >= 11 is 0. The highest BCUT2D eigenvalue weighted by atomic mass is 16.3. The van der Waals surface area contributed by atoms with Crippen LogP contribution >= 0.6 is 0 Å². The topological polar surface area (TPSA) is 96.9 Å². The van der Waals surface area contributed by atoms with Crippen molar-refractivity contribution in [2.24, 2.45) is 0 Å². The van der Waals surface area contributed by atoms with Crippen molar-refractivity contribution in [2.45, 2.75) is 19.3 Å². The zero-order valence-electron chi connectivity index (χ0n) is 12.8. The number of hydrogen-bond donors (Lipinski definition) is 2. The van der Waals surface area contributed by atoms with Crippen LogP contribution in [-0.2, 0) is 5.41 Å². The number of carbonyl (C=O) groups is 1. The first-order chi connectivity index (χ1) is 10.9. The average Bonchev–Trinajstić information content (AvgIpc) is 2.55. The molecule has 2 rings (SSSR count). The molecule has 0 aromatic heterocycles. The van der Waals surface area contributed by atoms with Gasteiger partial charge in [-0.3, -0.25) is 4.79 Å². The van der Waals surface area contributed by atoms with E-state index in [1.165, 1.54) is 12.1 Å². The number of phenolic OH excluding ortho intramolecular Hbond substituents is 1. The Hall–Kier alpha value is -3.31. The number of anilines is 1. The summed E-state index contributed by atoms with van der Waals surface area (Å²) in [7, 11) is 0. The molecule has 5 nitrogen and oxygen atoms in total. The molecule has 0 atom stereocenters. The van der Waals surface area contributed by atoms with Gasteiger partial charge in [0.1, 0.15) is 11.8 Å². The summed E-state index contributed by atoms with van der Waals surface area (Å²) in [6.07, 6.45) is 0. The molecular formula is C18H15N3O2. The van der Waals surface area contributed by atoms with Crippen LogP contribution in [0.15, 0.2) is 42.5 Å². The Bertz CT molecular complexity index is 842. The molecule has 2 aromatic carbocycles. The van der Waals surface area contributed by atoms with E-state index in [1.807, 2.05) is 6.07 Å². The largest absolute Gasteiger partial charge is 0.506 e. The van der Waals surface area contributed by atoms with Gasteiger partial charge in [0.2, 0.25) is 0 Å². The Morgan fingerprint density at radius 2 is 1.91 bits per heavy atom. The lowest BCUT2D eigenvalue weighted by atomic mass is 9.85. The number of carbonyl (C=O) groups excluding carboxylic acids is 1. The van der Waals surface area contributed by atoms with Crippen molar-refractivity contribution in [1.29, 1.82) is 10.5 Å². The summed E-state index contributed by atoms with van der Waals surface area (Å²) in [5.41, 5.74) is 0.991. The molecule has 0 spiro atoms. The van der Waals surface area contributed by atoms with Gasteiger partial charge in [0.05, 0.1) is 17.0 Å². The predicted molar refractivity (Wildman–Crippen MR) is 85.9 cm³/mol. The Balaban J connectivity index is 2.25. The van der Waals surface area contributed by atoms with Crippen LogP contribution in [-0.4, -0.2) is 11.0 Å². The van der Waals surface area contributed by atoms with Gasteiger partial charge < -0.3 is 10.4 Å². The van der Waals surface area contributed by atoms with Gasteiger partial charge in [-0.25, -0.2) is 0 Å². The minimum Gasteiger partial charge on any atom is -0.506 e. The molecule has 0 aliphatic rings. The Labute approximate surface area is 134 Å². The van der Waals surface area contributed by atoms with Gasteiger partial charge >= 0.3 is 0 Å². The van der Waals surface area contributed by atoms with E-state index in [1.54, 1.807) is 44.2 Å². The number of aromatic hydroxyl groups is 1. The molecule has 5 heteroatoms. The standard InChI is InChI=1S/C18H15N3O2/c1-18(2,11-20)14-5-3-4-12(8-14)17(23)21-15-7-6-13(10-19)16(22)9-15/h3-9,22H,1-2H3,(H,21,23). The van der Waals surface area contributed by atoms with Crippen LogP contribution in [0.2, 0.25) is 0 Å². The molecule has 0 bridgehead atoms. The van der Waals surface area contributed by atoms with E-state index < -0.39 is 5.41 Å². The van der Waals surface area contributed by atoms with Gasteiger partial charge in [0.25, 0.3) is 5.91 Å². The van der Waals surface area contributed by atoms with E-state index in [2.05, 4.69) is 11.4 Å². The first kappa shape index (κ1) is 16.1. The zero-order valence-corrected chi connectivity index (χ0v) is 12.8. The molecule has 0 fully saturated rings. The van der Waals surface area contributed by atoms with Crippen molar-refractivity contribution in [1.82, 2.24) is 0 Å². The highest BCUT2D eigenvalue weighted by Gasteiger charge is 2.20. The molecule has 0 unspecified atom stereocenters. The minimum absolute atomic E-state index is 0.140. The zero-order chi connectivity index (χ0) is 17.0. The lowest BCUT2D eigenvalue weighted by Crippen LogP contribution is -2.17. The van der Waals surface area contributed by atoms with Gasteiger partial charge in [0.15, 0.2) is 0 Å². The quantitative estimate of drug-likeness (QED) is 0.909. The smallest absolute Gasteiger partial charge is 0.255 e. The fourth-order valence-corrected chi connectivity index (χ4v) is 2.02. The summed E-state index contributed by atoms with van der Waals surface area (Å²) in [5, 5.41) is 30.3.